The summed E-state index contributed by atoms with van der Waals surface area (Å²) in [4.78, 5) is 18.6. The van der Waals surface area contributed by atoms with E-state index in [1.807, 2.05) is 34.2 Å². The van der Waals surface area contributed by atoms with Crippen LogP contribution in [0.15, 0.2) is 66.2 Å². The number of methoxy groups -OCH3 is 2. The third-order valence-electron chi connectivity index (χ3n) is 6.26. The maximum atomic E-state index is 13.7. The number of ketones is 1. The second-order valence-electron chi connectivity index (χ2n) is 8.33. The Balaban J connectivity index is 1.63. The van der Waals surface area contributed by atoms with Crippen LogP contribution >= 0.6 is 11.3 Å². The SMILES string of the molecule is COc1ccc(C(=O)c2c(N)c(-c3nc(-c4ccc(C)c(C)c4)cs3)c3ccccn23)cc1OC. The highest BCUT2D eigenvalue weighted by Gasteiger charge is 2.25. The normalized spacial score (nSPS) is 11.1. The summed E-state index contributed by atoms with van der Waals surface area (Å²) in [5.41, 5.74) is 13.9. The molecule has 7 heteroatoms. The van der Waals surface area contributed by atoms with Gasteiger partial charge < -0.3 is 19.6 Å². The quantitative estimate of drug-likeness (QED) is 0.292. The van der Waals surface area contributed by atoms with Crippen LogP contribution in [0.25, 0.3) is 27.3 Å². The van der Waals surface area contributed by atoms with Crippen LogP contribution in [0.2, 0.25) is 0 Å². The van der Waals surface area contributed by atoms with Crippen molar-refractivity contribution in [3.05, 3.63) is 88.6 Å². The van der Waals surface area contributed by atoms with Crippen molar-refractivity contribution in [1.82, 2.24) is 9.38 Å². The van der Waals surface area contributed by atoms with Crippen molar-refractivity contribution in [3.8, 4) is 33.3 Å². The van der Waals surface area contributed by atoms with Crippen LogP contribution in [-0.2, 0) is 0 Å². The summed E-state index contributed by atoms with van der Waals surface area (Å²) in [5, 5.41) is 2.80. The topological polar surface area (TPSA) is 78.9 Å². The summed E-state index contributed by atoms with van der Waals surface area (Å²) >= 11 is 1.52. The van der Waals surface area contributed by atoms with E-state index in [1.165, 1.54) is 22.5 Å². The van der Waals surface area contributed by atoms with Gasteiger partial charge >= 0.3 is 0 Å². The van der Waals surface area contributed by atoms with E-state index in [0.29, 0.717) is 28.4 Å². The van der Waals surface area contributed by atoms with E-state index in [2.05, 4.69) is 32.0 Å². The first-order valence-electron chi connectivity index (χ1n) is 11.1. The number of aromatic nitrogens is 2. The molecular formula is C28H25N3O3S. The lowest BCUT2D eigenvalue weighted by Gasteiger charge is -2.09. The number of benzene rings is 2. The molecule has 0 aliphatic rings. The van der Waals surface area contributed by atoms with Gasteiger partial charge in [0, 0.05) is 22.7 Å². The van der Waals surface area contributed by atoms with Crippen molar-refractivity contribution in [1.29, 1.82) is 0 Å². The third-order valence-corrected chi connectivity index (χ3v) is 7.12. The summed E-state index contributed by atoms with van der Waals surface area (Å²) in [6.07, 6.45) is 1.85. The Bertz CT molecular complexity index is 1580. The van der Waals surface area contributed by atoms with Gasteiger partial charge in [-0.25, -0.2) is 4.98 Å². The molecule has 0 bridgehead atoms. The fourth-order valence-corrected chi connectivity index (χ4v) is 5.12. The predicted molar refractivity (Wildman–Crippen MR) is 141 cm³/mol. The van der Waals surface area contributed by atoms with Crippen LogP contribution in [-0.4, -0.2) is 29.4 Å². The molecule has 0 aliphatic carbocycles. The van der Waals surface area contributed by atoms with Gasteiger partial charge in [0.15, 0.2) is 11.5 Å². The van der Waals surface area contributed by atoms with E-state index >= 15 is 0 Å². The largest absolute Gasteiger partial charge is 0.493 e. The molecule has 5 aromatic rings. The van der Waals surface area contributed by atoms with Gasteiger partial charge in [0.1, 0.15) is 10.7 Å². The van der Waals surface area contributed by atoms with Gasteiger partial charge in [0.2, 0.25) is 5.78 Å². The molecule has 0 fully saturated rings. The molecule has 0 amide bonds. The standard InChI is InChI=1S/C28H25N3O3S/c1-16-8-9-18(13-17(16)2)20-15-35-28(30-20)24-21-7-5-6-12-31(21)26(25(24)29)27(32)19-10-11-22(33-3)23(14-19)34-4/h5-15H,29H2,1-4H3. The highest BCUT2D eigenvalue weighted by molar-refractivity contribution is 7.13. The molecule has 5 rings (SSSR count). The molecule has 35 heavy (non-hydrogen) atoms. The fraction of sp³-hybridized carbons (Fsp3) is 0.143. The highest BCUT2D eigenvalue weighted by Crippen LogP contribution is 2.40. The second kappa shape index (κ2) is 8.92. The van der Waals surface area contributed by atoms with Gasteiger partial charge in [0.25, 0.3) is 0 Å². The Morgan fingerprint density at radius 3 is 2.51 bits per heavy atom. The molecule has 0 unspecified atom stereocenters. The third kappa shape index (κ3) is 3.84. The molecule has 3 aromatic heterocycles. The van der Waals surface area contributed by atoms with Crippen molar-refractivity contribution in [2.45, 2.75) is 13.8 Å². The second-order valence-corrected chi connectivity index (χ2v) is 9.19. The van der Waals surface area contributed by atoms with Gasteiger partial charge in [-0.05, 0) is 61.4 Å². The maximum absolute atomic E-state index is 13.7. The number of carbonyl (C=O) groups is 1. The zero-order chi connectivity index (χ0) is 24.7. The molecule has 0 saturated carbocycles. The minimum absolute atomic E-state index is 0.207. The van der Waals surface area contributed by atoms with E-state index in [9.17, 15) is 4.79 Å². The van der Waals surface area contributed by atoms with Crippen LogP contribution in [0.3, 0.4) is 0 Å². The van der Waals surface area contributed by atoms with Crippen LogP contribution in [0.5, 0.6) is 11.5 Å². The van der Waals surface area contributed by atoms with Crippen LogP contribution in [0.1, 0.15) is 27.2 Å². The monoisotopic (exact) mass is 483 g/mol. The Morgan fingerprint density at radius 1 is 0.971 bits per heavy atom. The number of rotatable bonds is 6. The Morgan fingerprint density at radius 2 is 1.77 bits per heavy atom. The number of thiazole rings is 1. The zero-order valence-electron chi connectivity index (χ0n) is 20.0. The first kappa shape index (κ1) is 22.7. The van der Waals surface area contributed by atoms with Crippen LogP contribution < -0.4 is 15.2 Å². The smallest absolute Gasteiger partial charge is 0.212 e. The average Bonchev–Trinajstić information content (AvgIpc) is 3.46. The number of nitrogens with two attached hydrogens (primary N) is 1. The number of nitrogens with zero attached hydrogens (tertiary/aromatic N) is 2. The molecule has 6 nitrogen and oxygen atoms in total. The first-order valence-corrected chi connectivity index (χ1v) is 12.0. The van der Waals surface area contributed by atoms with Gasteiger partial charge in [-0.1, -0.05) is 18.2 Å². The molecule has 0 radical (unpaired) electrons. The molecule has 0 saturated heterocycles. The molecular weight excluding hydrogens is 458 g/mol. The van der Waals surface area contributed by atoms with Crippen LogP contribution in [0, 0.1) is 13.8 Å². The number of aryl methyl sites for hydroxylation is 2. The molecule has 0 aliphatic heterocycles. The number of hydrogen-bond acceptors (Lipinski definition) is 6. The summed E-state index contributed by atoms with van der Waals surface area (Å²) in [6, 6.07) is 17.2. The number of carbonyl (C=O) groups excluding carboxylic acids is 1. The summed E-state index contributed by atoms with van der Waals surface area (Å²) in [7, 11) is 3.10. The van der Waals surface area contributed by atoms with Gasteiger partial charge in [-0.3, -0.25) is 4.79 Å². The van der Waals surface area contributed by atoms with Crippen LogP contribution in [0.4, 0.5) is 5.69 Å². The van der Waals surface area contributed by atoms with E-state index in [4.69, 9.17) is 20.2 Å². The minimum Gasteiger partial charge on any atom is -0.493 e. The van der Waals surface area contributed by atoms with Crippen molar-refractivity contribution in [3.63, 3.8) is 0 Å². The van der Waals surface area contributed by atoms with E-state index in [1.54, 1.807) is 32.4 Å². The van der Waals surface area contributed by atoms with E-state index in [-0.39, 0.29) is 5.78 Å². The minimum atomic E-state index is -0.207. The zero-order valence-corrected chi connectivity index (χ0v) is 20.8. The number of nitrogen functional groups attached to an aromatic ring is 1. The Hall–Kier alpha value is -4.10. The molecule has 2 N–H and O–H groups in total. The number of ether oxygens (including phenoxy) is 2. The number of hydrogen-bond donors (Lipinski definition) is 1. The summed E-state index contributed by atoms with van der Waals surface area (Å²) in [5.74, 6) is 0.831. The number of pyridine rings is 1. The Kier molecular flexibility index (Phi) is 5.78. The molecule has 3 heterocycles. The molecule has 176 valence electrons. The van der Waals surface area contributed by atoms with Gasteiger partial charge in [-0.15, -0.1) is 11.3 Å². The molecule has 0 atom stereocenters. The van der Waals surface area contributed by atoms with E-state index in [0.717, 1.165) is 27.3 Å². The van der Waals surface area contributed by atoms with Gasteiger partial charge in [-0.2, -0.15) is 0 Å². The lowest BCUT2D eigenvalue weighted by molar-refractivity contribution is 0.103. The lowest BCUT2D eigenvalue weighted by Crippen LogP contribution is -2.08. The summed E-state index contributed by atoms with van der Waals surface area (Å²) < 4.78 is 12.5. The average molecular weight is 484 g/mol. The predicted octanol–water partition coefficient (Wildman–Crippen LogP) is 6.18. The molecule has 2 aromatic carbocycles. The molecule has 0 spiro atoms. The van der Waals surface area contributed by atoms with Crippen molar-refractivity contribution >= 4 is 28.3 Å². The van der Waals surface area contributed by atoms with Crippen molar-refractivity contribution in [2.24, 2.45) is 0 Å². The highest BCUT2D eigenvalue weighted by atomic mass is 32.1. The lowest BCUT2D eigenvalue weighted by atomic mass is 10.0. The first-order chi connectivity index (χ1) is 16.9. The number of fused-ring (bicyclic) bond motifs is 1. The van der Waals surface area contributed by atoms with Crippen molar-refractivity contribution < 1.29 is 14.3 Å². The van der Waals surface area contributed by atoms with E-state index < -0.39 is 0 Å². The van der Waals surface area contributed by atoms with Crippen molar-refractivity contribution in [2.75, 3.05) is 20.0 Å². The maximum Gasteiger partial charge on any atom is 0.212 e. The summed E-state index contributed by atoms with van der Waals surface area (Å²) in [6.45, 7) is 4.19. The van der Waals surface area contributed by atoms with Gasteiger partial charge in [0.05, 0.1) is 36.7 Å². The Labute approximate surface area is 207 Å². The number of anilines is 1. The fourth-order valence-electron chi connectivity index (χ4n) is 4.22.